The van der Waals surface area contributed by atoms with Crippen LogP contribution in [0.3, 0.4) is 0 Å². The molecule has 0 amide bonds. The van der Waals surface area contributed by atoms with Gasteiger partial charge < -0.3 is 9.84 Å². The van der Waals surface area contributed by atoms with Crippen LogP contribution in [0.4, 0.5) is 0 Å². The van der Waals surface area contributed by atoms with Gasteiger partial charge in [0, 0.05) is 5.39 Å². The highest BCUT2D eigenvalue weighted by Crippen LogP contribution is 2.35. The Morgan fingerprint density at radius 1 is 1.27 bits per heavy atom. The Hall–Kier alpha value is -3.83. The molecule has 2 aromatic carbocycles. The molecule has 0 atom stereocenters. The number of carbonyl (C=O) groups is 1. The van der Waals surface area contributed by atoms with Crippen molar-refractivity contribution in [3.8, 4) is 24.2 Å². The number of hydrogen-bond acceptors (Lipinski definition) is 4. The minimum absolute atomic E-state index is 0.0686. The highest BCUT2D eigenvalue weighted by molar-refractivity contribution is 6.00. The van der Waals surface area contributed by atoms with Gasteiger partial charge >= 0.3 is 5.97 Å². The molecule has 1 heterocycles. The molecule has 0 aliphatic heterocycles. The van der Waals surface area contributed by atoms with Gasteiger partial charge in [0.2, 0.25) is 0 Å². The summed E-state index contributed by atoms with van der Waals surface area (Å²) >= 11 is 0. The maximum Gasteiger partial charge on any atom is 0.355 e. The van der Waals surface area contributed by atoms with Gasteiger partial charge in [-0.25, -0.2) is 9.78 Å². The molecular formula is C21H14N2O3. The molecule has 5 nitrogen and oxygen atoms in total. The number of hydrogen-bond donors (Lipinski definition) is 1. The summed E-state index contributed by atoms with van der Waals surface area (Å²) in [4.78, 5) is 15.8. The summed E-state index contributed by atoms with van der Waals surface area (Å²) in [7, 11) is 0. The number of aryl methyl sites for hydroxylation is 1. The van der Waals surface area contributed by atoms with Crippen LogP contribution in [0.1, 0.15) is 32.7 Å². The number of pyridine rings is 1. The number of carboxylic acids is 1. The fraction of sp³-hybridized carbons (Fsp3) is 0.0952. The predicted molar refractivity (Wildman–Crippen MR) is 96.9 cm³/mol. The van der Waals surface area contributed by atoms with Crippen LogP contribution in [0, 0.1) is 30.6 Å². The molecule has 0 bridgehead atoms. The Balaban J connectivity index is 2.28. The Labute approximate surface area is 150 Å². The van der Waals surface area contributed by atoms with Crippen molar-refractivity contribution >= 4 is 16.9 Å². The maximum absolute atomic E-state index is 11.6. The summed E-state index contributed by atoms with van der Waals surface area (Å²) in [6.45, 7) is 2.05. The zero-order chi connectivity index (χ0) is 18.7. The van der Waals surface area contributed by atoms with Crippen LogP contribution < -0.4 is 4.74 Å². The third-order valence-corrected chi connectivity index (χ3v) is 3.99. The number of carboxylic acid groups (broad SMARTS) is 1. The highest BCUT2D eigenvalue weighted by atomic mass is 16.5. The van der Waals surface area contributed by atoms with Gasteiger partial charge in [-0.3, -0.25) is 0 Å². The quantitative estimate of drug-likeness (QED) is 0.731. The molecule has 1 aromatic heterocycles. The summed E-state index contributed by atoms with van der Waals surface area (Å²) in [5, 5.41) is 19.4. The SMILES string of the molecule is C#Cc1c(C(=O)O)nc2c(C#N)ccc(C)c2c1OCc1ccccc1. The second-order valence-corrected chi connectivity index (χ2v) is 5.65. The summed E-state index contributed by atoms with van der Waals surface area (Å²) in [5.41, 5.74) is 2.01. The zero-order valence-electron chi connectivity index (χ0n) is 14.0. The van der Waals surface area contributed by atoms with E-state index in [2.05, 4.69) is 10.9 Å². The molecule has 0 spiro atoms. The van der Waals surface area contributed by atoms with Gasteiger partial charge in [-0.1, -0.05) is 42.3 Å². The first-order valence-electron chi connectivity index (χ1n) is 7.80. The molecule has 0 unspecified atom stereocenters. The zero-order valence-corrected chi connectivity index (χ0v) is 14.0. The number of ether oxygens (including phenoxy) is 1. The number of terminal acetylenes is 1. The van der Waals surface area contributed by atoms with E-state index < -0.39 is 5.97 Å². The van der Waals surface area contributed by atoms with E-state index in [1.54, 1.807) is 12.1 Å². The Kier molecular flexibility index (Phi) is 4.55. The number of nitrogens with zero attached hydrogens (tertiary/aromatic N) is 2. The smallest absolute Gasteiger partial charge is 0.355 e. The lowest BCUT2D eigenvalue weighted by Gasteiger charge is -2.15. The van der Waals surface area contributed by atoms with Crippen LogP contribution in [-0.2, 0) is 6.61 Å². The minimum atomic E-state index is -1.27. The van der Waals surface area contributed by atoms with Crippen LogP contribution in [0.5, 0.6) is 5.75 Å². The predicted octanol–water partition coefficient (Wildman–Crippen LogP) is 3.67. The lowest BCUT2D eigenvalue weighted by molar-refractivity contribution is 0.0690. The topological polar surface area (TPSA) is 83.2 Å². The van der Waals surface area contributed by atoms with Gasteiger partial charge in [0.15, 0.2) is 5.69 Å². The van der Waals surface area contributed by atoms with E-state index in [1.807, 2.05) is 43.3 Å². The lowest BCUT2D eigenvalue weighted by Crippen LogP contribution is -2.09. The normalized spacial score (nSPS) is 10.1. The van der Waals surface area contributed by atoms with E-state index in [0.717, 1.165) is 11.1 Å². The van der Waals surface area contributed by atoms with Gasteiger partial charge in [-0.2, -0.15) is 5.26 Å². The average Bonchev–Trinajstić information content (AvgIpc) is 2.66. The van der Waals surface area contributed by atoms with E-state index in [1.165, 1.54) is 0 Å². The van der Waals surface area contributed by atoms with Crippen LogP contribution in [0.15, 0.2) is 42.5 Å². The molecule has 0 fully saturated rings. The standard InChI is InChI=1S/C21H14N2O3/c1-3-16-19(21(24)25)23-18-15(11-22)10-9-13(2)17(18)20(16)26-12-14-7-5-4-6-8-14/h1,4-10H,12H2,2H3,(H,24,25). The van der Waals surface area contributed by atoms with Gasteiger partial charge in [0.25, 0.3) is 0 Å². The number of rotatable bonds is 4. The lowest BCUT2D eigenvalue weighted by atomic mass is 10.0. The molecule has 0 saturated carbocycles. The number of fused-ring (bicyclic) bond motifs is 1. The fourth-order valence-electron chi connectivity index (χ4n) is 2.75. The summed E-state index contributed by atoms with van der Waals surface area (Å²) in [6, 6.07) is 14.8. The van der Waals surface area contributed by atoms with Crippen molar-refractivity contribution < 1.29 is 14.6 Å². The van der Waals surface area contributed by atoms with E-state index in [0.29, 0.717) is 5.39 Å². The minimum Gasteiger partial charge on any atom is -0.487 e. The molecule has 126 valence electrons. The molecule has 5 heteroatoms. The van der Waals surface area contributed by atoms with Crippen molar-refractivity contribution in [2.45, 2.75) is 13.5 Å². The van der Waals surface area contributed by atoms with Crippen molar-refractivity contribution in [3.63, 3.8) is 0 Å². The number of aromatic nitrogens is 1. The third kappa shape index (κ3) is 2.94. The second kappa shape index (κ2) is 6.96. The number of nitriles is 1. The van der Waals surface area contributed by atoms with E-state index >= 15 is 0 Å². The Morgan fingerprint density at radius 2 is 2.00 bits per heavy atom. The highest BCUT2D eigenvalue weighted by Gasteiger charge is 2.22. The first kappa shape index (κ1) is 17.0. The second-order valence-electron chi connectivity index (χ2n) is 5.65. The molecule has 1 N–H and O–H groups in total. The summed E-state index contributed by atoms with van der Waals surface area (Å²) < 4.78 is 5.94. The molecule has 0 aliphatic carbocycles. The van der Waals surface area contributed by atoms with Crippen molar-refractivity contribution in [2.24, 2.45) is 0 Å². The monoisotopic (exact) mass is 342 g/mol. The third-order valence-electron chi connectivity index (χ3n) is 3.99. The first-order valence-corrected chi connectivity index (χ1v) is 7.80. The Bertz CT molecular complexity index is 1090. The van der Waals surface area contributed by atoms with Crippen LogP contribution in [0.25, 0.3) is 10.9 Å². The van der Waals surface area contributed by atoms with Crippen LogP contribution in [0.2, 0.25) is 0 Å². The van der Waals surface area contributed by atoms with Crippen molar-refractivity contribution in [3.05, 3.63) is 70.4 Å². The number of benzene rings is 2. The van der Waals surface area contributed by atoms with Crippen molar-refractivity contribution in [1.29, 1.82) is 5.26 Å². The fourth-order valence-corrected chi connectivity index (χ4v) is 2.75. The largest absolute Gasteiger partial charge is 0.487 e. The summed E-state index contributed by atoms with van der Waals surface area (Å²) in [5.74, 6) is 1.38. The molecule has 3 rings (SSSR count). The molecule has 26 heavy (non-hydrogen) atoms. The van der Waals surface area contributed by atoms with E-state index in [9.17, 15) is 15.2 Å². The van der Waals surface area contributed by atoms with Gasteiger partial charge in [-0.15, -0.1) is 6.42 Å². The van der Waals surface area contributed by atoms with Crippen LogP contribution in [-0.4, -0.2) is 16.1 Å². The number of aromatic carboxylic acids is 1. The molecule has 0 aliphatic rings. The summed E-state index contributed by atoms with van der Waals surface area (Å²) in [6.07, 6.45) is 5.57. The van der Waals surface area contributed by atoms with Crippen molar-refractivity contribution in [1.82, 2.24) is 4.98 Å². The molecular weight excluding hydrogens is 328 g/mol. The van der Waals surface area contributed by atoms with Gasteiger partial charge in [-0.05, 0) is 24.1 Å². The van der Waals surface area contributed by atoms with E-state index in [4.69, 9.17) is 11.2 Å². The van der Waals surface area contributed by atoms with Gasteiger partial charge in [0.1, 0.15) is 24.0 Å². The average molecular weight is 342 g/mol. The van der Waals surface area contributed by atoms with E-state index in [-0.39, 0.29) is 34.7 Å². The molecule has 3 aromatic rings. The Morgan fingerprint density at radius 3 is 2.62 bits per heavy atom. The molecule has 0 saturated heterocycles. The maximum atomic E-state index is 11.6. The first-order chi connectivity index (χ1) is 12.6. The van der Waals surface area contributed by atoms with Crippen molar-refractivity contribution in [2.75, 3.05) is 0 Å². The molecule has 0 radical (unpaired) electrons. The van der Waals surface area contributed by atoms with Crippen LogP contribution >= 0.6 is 0 Å². The van der Waals surface area contributed by atoms with Gasteiger partial charge in [0.05, 0.1) is 11.1 Å².